The second kappa shape index (κ2) is 16.0. The summed E-state index contributed by atoms with van der Waals surface area (Å²) in [6.45, 7) is 4.07. The first-order valence-electron chi connectivity index (χ1n) is 18.8. The van der Waals surface area contributed by atoms with E-state index >= 15 is 0 Å². The van der Waals surface area contributed by atoms with Crippen molar-refractivity contribution in [3.63, 3.8) is 0 Å². The highest BCUT2D eigenvalue weighted by Crippen LogP contribution is 2.43. The minimum atomic E-state index is -0.183. The zero-order chi connectivity index (χ0) is 39.6. The fourth-order valence-electron chi connectivity index (χ4n) is 7.13. The van der Waals surface area contributed by atoms with Crippen molar-refractivity contribution in [1.29, 1.82) is 0 Å². The lowest BCUT2D eigenvalue weighted by Crippen LogP contribution is -2.53. The van der Waals surface area contributed by atoms with E-state index in [0.29, 0.717) is 23.9 Å². The molecular weight excluding hydrogens is 748 g/mol. The zero-order valence-electron chi connectivity index (χ0n) is 31.9. The molecule has 0 unspecified atom stereocenters. The largest absolute Gasteiger partial charge is 0.345 e. The summed E-state index contributed by atoms with van der Waals surface area (Å²) < 4.78 is 1.82. The summed E-state index contributed by atoms with van der Waals surface area (Å²) in [6.07, 6.45) is 26.1. The van der Waals surface area contributed by atoms with Crippen LogP contribution in [0.25, 0.3) is 28.7 Å². The molecule has 2 saturated carbocycles. The Morgan fingerprint density at radius 2 is 1.23 bits per heavy atom. The molecule has 0 saturated heterocycles. The monoisotopic (exact) mass is 788 g/mol. The third-order valence-corrected chi connectivity index (χ3v) is 10.4. The highest BCUT2D eigenvalue weighted by atomic mass is 35.5. The van der Waals surface area contributed by atoms with E-state index in [2.05, 4.69) is 59.6 Å². The summed E-state index contributed by atoms with van der Waals surface area (Å²) in [5, 5.41) is 0.233. The van der Waals surface area contributed by atoms with Crippen molar-refractivity contribution in [3.8, 4) is 28.7 Å². The van der Waals surface area contributed by atoms with Crippen molar-refractivity contribution in [2.45, 2.75) is 76.5 Å². The molecule has 2 fully saturated rings. The van der Waals surface area contributed by atoms with Gasteiger partial charge < -0.3 is 24.6 Å². The number of hydrogen-bond acceptors (Lipinski definition) is 14. The number of rotatable bonds is 7. The topological polar surface area (TPSA) is 197 Å². The van der Waals surface area contributed by atoms with Crippen LogP contribution in [-0.2, 0) is 9.59 Å². The molecule has 57 heavy (non-hydrogen) atoms. The number of nitrogens with one attached hydrogen (secondary N) is 1. The van der Waals surface area contributed by atoms with Gasteiger partial charge in [0.2, 0.25) is 23.0 Å². The lowest BCUT2D eigenvalue weighted by atomic mass is 10.1. The highest BCUT2D eigenvalue weighted by Gasteiger charge is 2.45. The van der Waals surface area contributed by atoms with Crippen LogP contribution in [0.15, 0.2) is 74.6 Å². The van der Waals surface area contributed by atoms with Gasteiger partial charge >= 0.3 is 0 Å². The van der Waals surface area contributed by atoms with E-state index in [4.69, 9.17) is 16.6 Å². The van der Waals surface area contributed by atoms with E-state index in [1.165, 1.54) is 12.7 Å². The average Bonchev–Trinajstić information content (AvgIpc) is 4.16. The molecule has 0 radical (unpaired) electrons. The van der Waals surface area contributed by atoms with Gasteiger partial charge in [0.1, 0.15) is 47.8 Å². The third-order valence-electron chi connectivity index (χ3n) is 10.2. The van der Waals surface area contributed by atoms with E-state index in [1.54, 1.807) is 79.7 Å². The summed E-state index contributed by atoms with van der Waals surface area (Å²) in [4.78, 5) is 77.8. The lowest BCUT2D eigenvalue weighted by Gasteiger charge is -2.40. The number of carbonyl (C=O) groups excluding carboxylic acids is 2. The Hall–Kier alpha value is -6.43. The molecular formula is C38H41ClN16O2. The van der Waals surface area contributed by atoms with Gasteiger partial charge in [-0.2, -0.15) is 9.97 Å². The number of imidazole rings is 2. The van der Waals surface area contributed by atoms with Crippen LogP contribution in [0.1, 0.15) is 52.4 Å². The van der Waals surface area contributed by atoms with Crippen LogP contribution in [0.2, 0.25) is 5.28 Å². The first kappa shape index (κ1) is 37.5. The number of fused-ring (bicyclic) bond motifs is 2. The van der Waals surface area contributed by atoms with Crippen LogP contribution >= 0.6 is 11.6 Å². The van der Waals surface area contributed by atoms with E-state index in [1.807, 2.05) is 24.6 Å². The van der Waals surface area contributed by atoms with Crippen molar-refractivity contribution in [2.24, 2.45) is 0 Å². The smallest absolute Gasteiger partial charge is 0.249 e. The van der Waals surface area contributed by atoms with E-state index < -0.39 is 0 Å². The molecule has 19 heteroatoms. The van der Waals surface area contributed by atoms with E-state index in [9.17, 15) is 9.59 Å². The number of aromatic amines is 1. The molecule has 2 atom stereocenters. The number of H-pyrrole nitrogens is 1. The van der Waals surface area contributed by atoms with Gasteiger partial charge in [0.05, 0.1) is 23.5 Å². The third kappa shape index (κ3) is 7.47. The molecule has 2 aliphatic carbocycles. The van der Waals surface area contributed by atoms with Crippen LogP contribution in [0.3, 0.4) is 0 Å². The Kier molecular flexibility index (Phi) is 10.5. The van der Waals surface area contributed by atoms with Crippen LogP contribution in [0, 0.1) is 0 Å². The standard InChI is InChI=1S/C19H20N8O.C12H15ClN4O.C7H6N4/c1-3-14-18(28)25(2)15-10-23-19(24-17(15)27(14)13-4-5-13)26-7-6-22-16(26)12-8-20-11-21-9-12;1-3-8-11(18)16(2)9-6-14-12(13)15-10(9)17(8)7-4-5-7;1-2-11-7(10-1)6-3-8-5-9-4-6/h6-11,13-14H,3-5H2,1-2H3;6-8H,3-5H2,1-2H3;1-5H,(H,10,11)/t14-;8-;/m11./s1. The fourth-order valence-corrected chi connectivity index (χ4v) is 7.26. The summed E-state index contributed by atoms with van der Waals surface area (Å²) in [6, 6.07) is 0.490. The Balaban J connectivity index is 0.000000133. The minimum Gasteiger partial charge on any atom is -0.345 e. The number of nitrogens with zero attached hydrogens (tertiary/aromatic N) is 15. The maximum atomic E-state index is 12.8. The summed E-state index contributed by atoms with van der Waals surface area (Å²) in [5.41, 5.74) is 3.18. The van der Waals surface area contributed by atoms with Gasteiger partial charge in [-0.1, -0.05) is 13.8 Å². The Morgan fingerprint density at radius 1 is 0.684 bits per heavy atom. The fraction of sp³-hybridized carbons (Fsp3) is 0.368. The molecule has 0 spiro atoms. The predicted octanol–water partition coefficient (Wildman–Crippen LogP) is 4.56. The quantitative estimate of drug-likeness (QED) is 0.221. The Labute approximate surface area is 333 Å². The number of anilines is 4. The first-order chi connectivity index (χ1) is 27.8. The van der Waals surface area contributed by atoms with Gasteiger partial charge in [0.15, 0.2) is 11.6 Å². The number of likely N-dealkylation sites (N-methyl/N-ethyl adjacent to an activating group) is 2. The Bertz CT molecular complexity index is 2340. The molecule has 2 amide bonds. The molecule has 10 rings (SSSR count). The number of amides is 2. The maximum Gasteiger partial charge on any atom is 0.249 e. The predicted molar refractivity (Wildman–Crippen MR) is 213 cm³/mol. The van der Waals surface area contributed by atoms with Crippen LogP contribution in [0.5, 0.6) is 0 Å². The minimum absolute atomic E-state index is 0.100. The number of aromatic nitrogens is 12. The molecule has 292 valence electrons. The molecule has 1 N–H and O–H groups in total. The van der Waals surface area contributed by atoms with Gasteiger partial charge in [-0.05, 0) is 50.1 Å². The second-order valence-electron chi connectivity index (χ2n) is 14.0. The van der Waals surface area contributed by atoms with Gasteiger partial charge in [0.25, 0.3) is 0 Å². The van der Waals surface area contributed by atoms with Crippen molar-refractivity contribution in [2.75, 3.05) is 33.7 Å². The van der Waals surface area contributed by atoms with Crippen molar-refractivity contribution in [3.05, 3.63) is 79.9 Å². The normalized spacial score (nSPS) is 18.6. The maximum absolute atomic E-state index is 12.8. The van der Waals surface area contributed by atoms with Crippen LogP contribution < -0.4 is 19.6 Å². The van der Waals surface area contributed by atoms with Crippen molar-refractivity contribution >= 4 is 46.4 Å². The number of halogens is 1. The van der Waals surface area contributed by atoms with Gasteiger partial charge in [-0.25, -0.2) is 39.9 Å². The van der Waals surface area contributed by atoms with E-state index in [-0.39, 0.29) is 29.2 Å². The molecule has 0 aromatic carbocycles. The van der Waals surface area contributed by atoms with Crippen LogP contribution in [-0.4, -0.2) is 109 Å². The van der Waals surface area contributed by atoms with Crippen LogP contribution in [0.4, 0.5) is 23.0 Å². The Morgan fingerprint density at radius 3 is 1.75 bits per heavy atom. The summed E-state index contributed by atoms with van der Waals surface area (Å²) in [5.74, 6) is 3.80. The number of carbonyl (C=O) groups is 2. The van der Waals surface area contributed by atoms with E-state index in [0.717, 1.165) is 78.5 Å². The molecule has 4 aliphatic rings. The molecule has 18 nitrogen and oxygen atoms in total. The van der Waals surface area contributed by atoms with Gasteiger partial charge in [-0.15, -0.1) is 0 Å². The summed E-state index contributed by atoms with van der Waals surface area (Å²) in [7, 11) is 3.56. The second-order valence-corrected chi connectivity index (χ2v) is 14.3. The lowest BCUT2D eigenvalue weighted by molar-refractivity contribution is -0.120. The molecule has 8 heterocycles. The number of hydrogen-bond donors (Lipinski definition) is 1. The summed E-state index contributed by atoms with van der Waals surface area (Å²) >= 11 is 5.89. The average molecular weight is 789 g/mol. The molecule has 6 aromatic heterocycles. The van der Waals surface area contributed by atoms with Gasteiger partial charge in [0, 0.05) is 75.8 Å². The molecule has 6 aromatic rings. The molecule has 0 bridgehead atoms. The zero-order valence-corrected chi connectivity index (χ0v) is 32.6. The van der Waals surface area contributed by atoms with Gasteiger partial charge in [-0.3, -0.25) is 14.2 Å². The SMILES string of the molecule is CC[C@@H]1C(=O)N(C)c2cnc(-n3ccnc3-c3cncnc3)nc2N1C1CC1.CC[C@@H]1C(=O)N(C)c2cnc(Cl)nc2N1C1CC1.c1ncc(-c2ncc[nH]2)cn1. The van der Waals surface area contributed by atoms with Crippen molar-refractivity contribution in [1.82, 2.24) is 59.4 Å². The molecule has 2 aliphatic heterocycles. The highest BCUT2D eigenvalue weighted by molar-refractivity contribution is 6.28. The first-order valence-corrected chi connectivity index (χ1v) is 19.2. The van der Waals surface area contributed by atoms with Crippen molar-refractivity contribution < 1.29 is 9.59 Å².